The van der Waals surface area contributed by atoms with Gasteiger partial charge in [-0.25, -0.2) is 0 Å². The van der Waals surface area contributed by atoms with Gasteiger partial charge in [-0.1, -0.05) is 13.8 Å². The van der Waals surface area contributed by atoms with Crippen LogP contribution in [-0.2, 0) is 0 Å². The lowest BCUT2D eigenvalue weighted by atomic mass is 9.45. The Labute approximate surface area is 104 Å². The van der Waals surface area contributed by atoms with Gasteiger partial charge in [0.05, 0.1) is 0 Å². The predicted octanol–water partition coefficient (Wildman–Crippen LogP) is 2.44. The van der Waals surface area contributed by atoms with Gasteiger partial charge in [-0.15, -0.1) is 0 Å². The van der Waals surface area contributed by atoms with Gasteiger partial charge in [0, 0.05) is 13.2 Å². The van der Waals surface area contributed by atoms with Crippen LogP contribution in [0.5, 0.6) is 0 Å². The first-order chi connectivity index (χ1) is 8.02. The van der Waals surface area contributed by atoms with Gasteiger partial charge in [0.2, 0.25) is 0 Å². The molecule has 0 saturated heterocycles. The summed E-state index contributed by atoms with van der Waals surface area (Å²) in [5, 5.41) is 19.2. The van der Waals surface area contributed by atoms with Crippen molar-refractivity contribution in [2.24, 2.45) is 34.5 Å². The Morgan fingerprint density at radius 2 is 1.88 bits per heavy atom. The van der Waals surface area contributed by atoms with Crippen LogP contribution in [-0.4, -0.2) is 23.4 Å². The number of hydrogen-bond acceptors (Lipinski definition) is 2. The Morgan fingerprint density at radius 1 is 1.12 bits per heavy atom. The molecular weight excluding hydrogens is 212 g/mol. The molecule has 3 aliphatic rings. The van der Waals surface area contributed by atoms with E-state index in [2.05, 4.69) is 13.8 Å². The number of rotatable bonds is 2. The molecule has 0 bridgehead atoms. The minimum atomic E-state index is 0.156. The minimum absolute atomic E-state index is 0.156. The van der Waals surface area contributed by atoms with E-state index in [9.17, 15) is 10.2 Å². The summed E-state index contributed by atoms with van der Waals surface area (Å²) < 4.78 is 0. The fourth-order valence-electron chi connectivity index (χ4n) is 5.46. The van der Waals surface area contributed by atoms with Crippen LogP contribution in [0.25, 0.3) is 0 Å². The highest BCUT2D eigenvalue weighted by Gasteiger charge is 2.60. The van der Waals surface area contributed by atoms with Crippen molar-refractivity contribution >= 4 is 0 Å². The van der Waals surface area contributed by atoms with Crippen LogP contribution in [0.1, 0.15) is 46.0 Å². The van der Waals surface area contributed by atoms with E-state index < -0.39 is 0 Å². The molecule has 2 N–H and O–H groups in total. The lowest BCUT2D eigenvalue weighted by Crippen LogP contribution is -2.53. The second-order valence-electron chi connectivity index (χ2n) is 7.57. The first-order valence-corrected chi connectivity index (χ1v) is 7.24. The van der Waals surface area contributed by atoms with Crippen molar-refractivity contribution in [3.8, 4) is 0 Å². The SMILES string of the molecule is C[C@]1(CO)C[C@@H]2C[C@H](CO)[C@H]3CC[C@@]3(C)[C@H]2C1. The van der Waals surface area contributed by atoms with Crippen molar-refractivity contribution in [3.63, 3.8) is 0 Å². The summed E-state index contributed by atoms with van der Waals surface area (Å²) in [5.41, 5.74) is 0.631. The van der Waals surface area contributed by atoms with Crippen LogP contribution >= 0.6 is 0 Å². The first kappa shape index (κ1) is 12.0. The third-order valence-electron chi connectivity index (χ3n) is 6.52. The molecule has 17 heavy (non-hydrogen) atoms. The van der Waals surface area contributed by atoms with Crippen LogP contribution in [0.2, 0.25) is 0 Å². The number of aliphatic hydroxyl groups excluding tert-OH is 2. The average molecular weight is 238 g/mol. The highest BCUT2D eigenvalue weighted by molar-refractivity contribution is 5.09. The zero-order valence-corrected chi connectivity index (χ0v) is 11.2. The largest absolute Gasteiger partial charge is 0.396 e. The average Bonchev–Trinajstić information content (AvgIpc) is 2.63. The van der Waals surface area contributed by atoms with Crippen molar-refractivity contribution in [1.29, 1.82) is 0 Å². The van der Waals surface area contributed by atoms with Gasteiger partial charge in [0.15, 0.2) is 0 Å². The molecule has 3 rings (SSSR count). The summed E-state index contributed by atoms with van der Waals surface area (Å²) in [6.07, 6.45) is 6.25. The second-order valence-corrected chi connectivity index (χ2v) is 7.57. The third kappa shape index (κ3) is 1.53. The molecule has 6 atom stereocenters. The summed E-state index contributed by atoms with van der Waals surface area (Å²) in [7, 11) is 0. The van der Waals surface area contributed by atoms with Gasteiger partial charge in [-0.05, 0) is 66.6 Å². The van der Waals surface area contributed by atoms with E-state index in [1.165, 1.54) is 32.1 Å². The fraction of sp³-hybridized carbons (Fsp3) is 1.00. The van der Waals surface area contributed by atoms with Gasteiger partial charge in [-0.3, -0.25) is 0 Å². The molecule has 2 heteroatoms. The molecule has 3 fully saturated rings. The zero-order valence-electron chi connectivity index (χ0n) is 11.2. The minimum Gasteiger partial charge on any atom is -0.396 e. The van der Waals surface area contributed by atoms with Crippen molar-refractivity contribution in [2.75, 3.05) is 13.2 Å². The third-order valence-corrected chi connectivity index (χ3v) is 6.52. The highest BCUT2D eigenvalue weighted by Crippen LogP contribution is 2.68. The Morgan fingerprint density at radius 3 is 2.41 bits per heavy atom. The molecule has 0 aromatic heterocycles. The van der Waals surface area contributed by atoms with Crippen molar-refractivity contribution < 1.29 is 10.2 Å². The zero-order chi connectivity index (χ0) is 12.3. The van der Waals surface area contributed by atoms with Gasteiger partial charge in [0.1, 0.15) is 0 Å². The van der Waals surface area contributed by atoms with Gasteiger partial charge >= 0.3 is 0 Å². The molecule has 0 unspecified atom stereocenters. The smallest absolute Gasteiger partial charge is 0.0484 e. The molecule has 3 saturated carbocycles. The summed E-state index contributed by atoms with van der Waals surface area (Å²) >= 11 is 0. The predicted molar refractivity (Wildman–Crippen MR) is 67.4 cm³/mol. The molecule has 0 aliphatic heterocycles. The van der Waals surface area contributed by atoms with Crippen LogP contribution in [0.4, 0.5) is 0 Å². The molecule has 0 amide bonds. The molecule has 3 aliphatic carbocycles. The van der Waals surface area contributed by atoms with E-state index in [1.807, 2.05) is 0 Å². The summed E-state index contributed by atoms with van der Waals surface area (Å²) in [6.45, 7) is 5.41. The summed E-state index contributed by atoms with van der Waals surface area (Å²) in [5.74, 6) is 2.86. The summed E-state index contributed by atoms with van der Waals surface area (Å²) in [4.78, 5) is 0. The van der Waals surface area contributed by atoms with Gasteiger partial charge in [0.25, 0.3) is 0 Å². The normalized spacial score (nSPS) is 57.2. The number of fused-ring (bicyclic) bond motifs is 3. The van der Waals surface area contributed by atoms with E-state index in [4.69, 9.17) is 0 Å². The van der Waals surface area contributed by atoms with Crippen LogP contribution in [0.15, 0.2) is 0 Å². The number of hydrogen-bond donors (Lipinski definition) is 2. The maximum Gasteiger partial charge on any atom is 0.0484 e. The number of aliphatic hydroxyl groups is 2. The standard InChI is InChI=1S/C15H26O2/c1-14(9-17)6-10-5-11(8-16)12-3-4-15(12,2)13(10)7-14/h10-13,16-17H,3-9H2,1-2H3/t10-,11+,12+,13-,14-,15+/m0/s1. The Balaban J connectivity index is 1.86. The molecule has 2 nitrogen and oxygen atoms in total. The Kier molecular flexibility index (Phi) is 2.61. The Hall–Kier alpha value is -0.0800. The van der Waals surface area contributed by atoms with Crippen molar-refractivity contribution in [2.45, 2.75) is 46.0 Å². The molecule has 0 radical (unpaired) electrons. The lowest BCUT2D eigenvalue weighted by Gasteiger charge is -2.60. The maximum absolute atomic E-state index is 9.60. The maximum atomic E-state index is 9.60. The molecule has 0 heterocycles. The van der Waals surface area contributed by atoms with Crippen molar-refractivity contribution in [1.82, 2.24) is 0 Å². The van der Waals surface area contributed by atoms with E-state index >= 15 is 0 Å². The van der Waals surface area contributed by atoms with Crippen molar-refractivity contribution in [3.05, 3.63) is 0 Å². The monoisotopic (exact) mass is 238 g/mol. The van der Waals surface area contributed by atoms with Crippen LogP contribution < -0.4 is 0 Å². The van der Waals surface area contributed by atoms with Gasteiger partial charge < -0.3 is 10.2 Å². The van der Waals surface area contributed by atoms with E-state index in [1.54, 1.807) is 0 Å². The molecule has 0 spiro atoms. The van der Waals surface area contributed by atoms with Gasteiger partial charge in [-0.2, -0.15) is 0 Å². The van der Waals surface area contributed by atoms with E-state index in [0.717, 1.165) is 17.8 Å². The topological polar surface area (TPSA) is 40.5 Å². The van der Waals surface area contributed by atoms with Crippen LogP contribution in [0, 0.1) is 34.5 Å². The molecule has 0 aromatic carbocycles. The first-order valence-electron chi connectivity index (χ1n) is 7.24. The highest BCUT2D eigenvalue weighted by atomic mass is 16.3. The quantitative estimate of drug-likeness (QED) is 0.775. The molecular formula is C15H26O2. The second kappa shape index (κ2) is 3.71. The Bertz CT molecular complexity index is 316. The van der Waals surface area contributed by atoms with Crippen LogP contribution in [0.3, 0.4) is 0 Å². The summed E-state index contributed by atoms with van der Waals surface area (Å²) in [6, 6.07) is 0. The van der Waals surface area contributed by atoms with E-state index in [0.29, 0.717) is 24.5 Å². The molecule has 0 aromatic rings. The molecule has 98 valence electrons. The fourth-order valence-corrected chi connectivity index (χ4v) is 5.46. The van der Waals surface area contributed by atoms with E-state index in [-0.39, 0.29) is 5.41 Å². The lowest BCUT2D eigenvalue weighted by molar-refractivity contribution is -0.120.